The van der Waals surface area contributed by atoms with Gasteiger partial charge in [-0.25, -0.2) is 0 Å². The van der Waals surface area contributed by atoms with E-state index in [2.05, 4.69) is 16.0 Å². The number of aromatic nitrogens is 2. The van der Waals surface area contributed by atoms with E-state index in [1.807, 2.05) is 18.7 Å². The first-order chi connectivity index (χ1) is 8.10. The Morgan fingerprint density at radius 1 is 1.59 bits per heavy atom. The largest absolute Gasteiger partial charge is 0.481 e. The van der Waals surface area contributed by atoms with Gasteiger partial charge in [0.2, 0.25) is 11.8 Å². The van der Waals surface area contributed by atoms with Crippen LogP contribution in [0.4, 0.5) is 11.8 Å². The number of nitriles is 1. The van der Waals surface area contributed by atoms with Gasteiger partial charge in [-0.2, -0.15) is 15.2 Å². The number of hydrogen-bond acceptors (Lipinski definition) is 6. The summed E-state index contributed by atoms with van der Waals surface area (Å²) in [5.74, 6) is 1.20. The molecule has 92 valence electrons. The van der Waals surface area contributed by atoms with Gasteiger partial charge in [0, 0.05) is 19.2 Å². The van der Waals surface area contributed by atoms with E-state index in [1.54, 1.807) is 6.07 Å². The number of anilines is 2. The van der Waals surface area contributed by atoms with E-state index in [4.69, 9.17) is 15.7 Å². The minimum absolute atomic E-state index is 0.0721. The monoisotopic (exact) mass is 235 g/mol. The van der Waals surface area contributed by atoms with Crippen molar-refractivity contribution in [2.75, 3.05) is 30.8 Å². The molecule has 2 N–H and O–H groups in total. The standard InChI is InChI=1S/C11H17N5O/c1-4-16(7-8(2)6-12)9-5-10(17-3)15-11(13)14-9/h5,8H,4,7H2,1-3H3,(H2,13,14,15). The lowest BCUT2D eigenvalue weighted by Crippen LogP contribution is -2.28. The summed E-state index contributed by atoms with van der Waals surface area (Å²) >= 11 is 0. The van der Waals surface area contributed by atoms with Gasteiger partial charge in [0.15, 0.2) is 0 Å². The summed E-state index contributed by atoms with van der Waals surface area (Å²) in [6.07, 6.45) is 0. The van der Waals surface area contributed by atoms with E-state index >= 15 is 0 Å². The molecule has 0 aromatic carbocycles. The topological polar surface area (TPSA) is 88.1 Å². The predicted molar refractivity (Wildman–Crippen MR) is 65.7 cm³/mol. The molecule has 0 aliphatic rings. The maximum absolute atomic E-state index is 8.82. The SMILES string of the molecule is CCN(CC(C)C#N)c1cc(OC)nc(N)n1. The molecule has 1 atom stereocenters. The summed E-state index contributed by atoms with van der Waals surface area (Å²) in [7, 11) is 1.53. The fourth-order valence-electron chi connectivity index (χ4n) is 1.45. The van der Waals surface area contributed by atoms with Crippen LogP contribution in [-0.2, 0) is 0 Å². The van der Waals surface area contributed by atoms with Crippen molar-refractivity contribution < 1.29 is 4.74 Å². The smallest absolute Gasteiger partial charge is 0.225 e. The van der Waals surface area contributed by atoms with Crippen LogP contribution in [0.15, 0.2) is 6.07 Å². The number of nitrogens with zero attached hydrogens (tertiary/aromatic N) is 4. The molecule has 0 saturated heterocycles. The lowest BCUT2D eigenvalue weighted by atomic mass is 10.2. The maximum Gasteiger partial charge on any atom is 0.225 e. The molecule has 6 heteroatoms. The first-order valence-electron chi connectivity index (χ1n) is 5.43. The second-order valence-electron chi connectivity index (χ2n) is 3.70. The Labute approximate surface area is 101 Å². The highest BCUT2D eigenvalue weighted by Crippen LogP contribution is 2.19. The summed E-state index contributed by atoms with van der Waals surface area (Å²) < 4.78 is 5.04. The molecule has 17 heavy (non-hydrogen) atoms. The Balaban J connectivity index is 2.95. The first kappa shape index (κ1) is 13.0. The molecule has 0 saturated carbocycles. The van der Waals surface area contributed by atoms with Crippen molar-refractivity contribution in [3.05, 3.63) is 6.07 Å². The van der Waals surface area contributed by atoms with Crippen LogP contribution >= 0.6 is 0 Å². The molecule has 0 aliphatic heterocycles. The van der Waals surface area contributed by atoms with E-state index in [0.717, 1.165) is 6.54 Å². The van der Waals surface area contributed by atoms with Crippen LogP contribution < -0.4 is 15.4 Å². The summed E-state index contributed by atoms with van der Waals surface area (Å²) in [6, 6.07) is 3.91. The quantitative estimate of drug-likeness (QED) is 0.820. The molecule has 0 aliphatic carbocycles. The van der Waals surface area contributed by atoms with E-state index in [1.165, 1.54) is 7.11 Å². The van der Waals surface area contributed by atoms with Gasteiger partial charge in [-0.3, -0.25) is 0 Å². The third-order valence-corrected chi connectivity index (χ3v) is 2.34. The summed E-state index contributed by atoms with van der Waals surface area (Å²) in [5.41, 5.74) is 5.60. The number of methoxy groups -OCH3 is 1. The van der Waals surface area contributed by atoms with Crippen molar-refractivity contribution in [3.63, 3.8) is 0 Å². The van der Waals surface area contributed by atoms with Gasteiger partial charge in [0.1, 0.15) is 5.82 Å². The molecule has 0 fully saturated rings. The van der Waals surface area contributed by atoms with Gasteiger partial charge < -0.3 is 15.4 Å². The Hall–Kier alpha value is -2.03. The molecular weight excluding hydrogens is 218 g/mol. The highest BCUT2D eigenvalue weighted by Gasteiger charge is 2.12. The second-order valence-corrected chi connectivity index (χ2v) is 3.70. The third kappa shape index (κ3) is 3.48. The average Bonchev–Trinajstić information content (AvgIpc) is 2.34. The van der Waals surface area contributed by atoms with Crippen molar-refractivity contribution in [3.8, 4) is 11.9 Å². The molecule has 0 spiro atoms. The molecule has 0 radical (unpaired) electrons. The Morgan fingerprint density at radius 2 is 2.29 bits per heavy atom. The summed E-state index contributed by atoms with van der Waals surface area (Å²) in [6.45, 7) is 5.21. The van der Waals surface area contributed by atoms with Crippen molar-refractivity contribution in [1.82, 2.24) is 9.97 Å². The zero-order chi connectivity index (χ0) is 12.8. The molecule has 1 heterocycles. The number of nitrogen functional groups attached to an aromatic ring is 1. The molecule has 1 rings (SSSR count). The Morgan fingerprint density at radius 3 is 2.82 bits per heavy atom. The molecule has 0 bridgehead atoms. The molecule has 1 unspecified atom stereocenters. The minimum Gasteiger partial charge on any atom is -0.481 e. The van der Waals surface area contributed by atoms with Crippen molar-refractivity contribution >= 4 is 11.8 Å². The number of ether oxygens (including phenoxy) is 1. The maximum atomic E-state index is 8.82. The zero-order valence-electron chi connectivity index (χ0n) is 10.3. The third-order valence-electron chi connectivity index (χ3n) is 2.34. The van der Waals surface area contributed by atoms with Crippen LogP contribution in [0.5, 0.6) is 5.88 Å². The molecular formula is C11H17N5O. The molecule has 6 nitrogen and oxygen atoms in total. The number of rotatable bonds is 5. The van der Waals surface area contributed by atoms with E-state index in [9.17, 15) is 0 Å². The van der Waals surface area contributed by atoms with Gasteiger partial charge in [0.25, 0.3) is 0 Å². The van der Waals surface area contributed by atoms with Gasteiger partial charge in [0.05, 0.1) is 19.1 Å². The van der Waals surface area contributed by atoms with E-state index in [-0.39, 0.29) is 11.9 Å². The molecule has 1 aromatic rings. The van der Waals surface area contributed by atoms with Gasteiger partial charge in [-0.1, -0.05) is 0 Å². The molecule has 1 aromatic heterocycles. The summed E-state index contributed by atoms with van der Waals surface area (Å²) in [5, 5.41) is 8.82. The minimum atomic E-state index is -0.0721. The predicted octanol–water partition coefficient (Wildman–Crippen LogP) is 1.05. The van der Waals surface area contributed by atoms with Gasteiger partial charge >= 0.3 is 0 Å². The van der Waals surface area contributed by atoms with Gasteiger partial charge in [-0.15, -0.1) is 0 Å². The highest BCUT2D eigenvalue weighted by molar-refractivity contribution is 5.45. The fourth-order valence-corrected chi connectivity index (χ4v) is 1.45. The van der Waals surface area contributed by atoms with Crippen LogP contribution in [0.25, 0.3) is 0 Å². The number of hydrogen-bond donors (Lipinski definition) is 1. The first-order valence-corrected chi connectivity index (χ1v) is 5.43. The van der Waals surface area contributed by atoms with Crippen molar-refractivity contribution in [2.24, 2.45) is 5.92 Å². The van der Waals surface area contributed by atoms with Crippen LogP contribution in [-0.4, -0.2) is 30.2 Å². The summed E-state index contributed by atoms with van der Waals surface area (Å²) in [4.78, 5) is 10.0. The van der Waals surface area contributed by atoms with Crippen molar-refractivity contribution in [1.29, 1.82) is 5.26 Å². The van der Waals surface area contributed by atoms with Crippen LogP contribution in [0.2, 0.25) is 0 Å². The Bertz CT molecular complexity index is 415. The lowest BCUT2D eigenvalue weighted by molar-refractivity contribution is 0.397. The average molecular weight is 235 g/mol. The van der Waals surface area contributed by atoms with Crippen LogP contribution in [0, 0.1) is 17.2 Å². The van der Waals surface area contributed by atoms with Crippen LogP contribution in [0.3, 0.4) is 0 Å². The second kappa shape index (κ2) is 5.89. The fraction of sp³-hybridized carbons (Fsp3) is 0.545. The number of nitrogens with two attached hydrogens (primary N) is 1. The van der Waals surface area contributed by atoms with E-state index < -0.39 is 0 Å². The zero-order valence-corrected chi connectivity index (χ0v) is 10.3. The lowest BCUT2D eigenvalue weighted by Gasteiger charge is -2.23. The van der Waals surface area contributed by atoms with Crippen LogP contribution in [0.1, 0.15) is 13.8 Å². The van der Waals surface area contributed by atoms with Crippen molar-refractivity contribution in [2.45, 2.75) is 13.8 Å². The Kier molecular flexibility index (Phi) is 4.52. The highest BCUT2D eigenvalue weighted by atomic mass is 16.5. The normalized spacial score (nSPS) is 11.6. The molecule has 0 amide bonds. The van der Waals surface area contributed by atoms with Gasteiger partial charge in [-0.05, 0) is 13.8 Å². The van der Waals surface area contributed by atoms with E-state index in [0.29, 0.717) is 18.2 Å².